The van der Waals surface area contributed by atoms with Crippen LogP contribution in [-0.4, -0.2) is 15.2 Å². The van der Waals surface area contributed by atoms with E-state index in [0.717, 1.165) is 21.8 Å². The number of rotatable bonds is 1. The smallest absolute Gasteiger partial charge is 0.0815 e. The van der Waals surface area contributed by atoms with Gasteiger partial charge in [0.1, 0.15) is 0 Å². The fourth-order valence-corrected chi connectivity index (χ4v) is 0.955. The van der Waals surface area contributed by atoms with Gasteiger partial charge < -0.3 is 10.9 Å². The largest absolute Gasteiger partial charge is 0.411 e. The van der Waals surface area contributed by atoms with Crippen molar-refractivity contribution in [3.05, 3.63) is 17.0 Å². The minimum absolute atomic E-state index is 0. The molecule has 0 aliphatic heterocycles. The summed E-state index contributed by atoms with van der Waals surface area (Å²) in [6, 6.07) is 0. The van der Waals surface area contributed by atoms with Gasteiger partial charge in [0.15, 0.2) is 0 Å². The second-order valence-electron chi connectivity index (χ2n) is 2.24. The minimum Gasteiger partial charge on any atom is -0.411 e. The van der Waals surface area contributed by atoms with E-state index in [1.54, 1.807) is 6.92 Å². The van der Waals surface area contributed by atoms with Crippen molar-refractivity contribution >= 4 is 17.0 Å². The molecule has 0 aromatic carbocycles. The molecule has 0 atom stereocenters. The second-order valence-corrected chi connectivity index (χ2v) is 2.24. The highest BCUT2D eigenvalue weighted by molar-refractivity contribution is 8.93. The highest BCUT2D eigenvalue weighted by Gasteiger charge is 2.07. The number of aromatic nitrogens is 2. The number of hydrogen-bond donors (Lipinski definition) is 2. The van der Waals surface area contributed by atoms with Gasteiger partial charge in [-0.1, -0.05) is 0 Å². The number of aryl methyl sites for hydroxylation is 1. The number of nitrogens with zero attached hydrogens (tertiary/aromatic N) is 2. The number of nitrogens with two attached hydrogens (primary N) is 1. The first kappa shape index (κ1) is 10.4. The Morgan fingerprint density at radius 1 is 1.55 bits per heavy atom. The summed E-state index contributed by atoms with van der Waals surface area (Å²) in [6.45, 7) is 4.03. The van der Waals surface area contributed by atoms with Gasteiger partial charge in [0.05, 0.1) is 11.4 Å². The van der Waals surface area contributed by atoms with E-state index in [9.17, 15) is 0 Å². The van der Waals surface area contributed by atoms with Crippen molar-refractivity contribution in [2.75, 3.05) is 0 Å². The van der Waals surface area contributed by atoms with E-state index in [0.29, 0.717) is 6.54 Å². The summed E-state index contributed by atoms with van der Waals surface area (Å²) in [5, 5.41) is 12.8. The lowest BCUT2D eigenvalue weighted by Gasteiger charge is -1.93. The molecule has 0 radical (unpaired) electrons. The van der Waals surface area contributed by atoms with Crippen LogP contribution in [-0.2, 0) is 6.54 Å². The van der Waals surface area contributed by atoms with E-state index >= 15 is 0 Å². The van der Waals surface area contributed by atoms with Crippen LogP contribution >= 0.6 is 17.0 Å². The molecule has 3 N–H and O–H groups in total. The summed E-state index contributed by atoms with van der Waals surface area (Å²) >= 11 is 0. The molecular formula is C6H12BrN3O. The summed E-state index contributed by atoms with van der Waals surface area (Å²) in [4.78, 5) is 0.859. The van der Waals surface area contributed by atoms with Gasteiger partial charge in [0, 0.05) is 12.1 Å². The lowest BCUT2D eigenvalue weighted by molar-refractivity contribution is 0.141. The van der Waals surface area contributed by atoms with E-state index in [1.807, 2.05) is 6.92 Å². The van der Waals surface area contributed by atoms with Gasteiger partial charge in [-0.05, 0) is 13.8 Å². The van der Waals surface area contributed by atoms with Gasteiger partial charge in [0.2, 0.25) is 0 Å². The van der Waals surface area contributed by atoms with Gasteiger partial charge in [-0.2, -0.15) is 0 Å². The third-order valence-electron chi connectivity index (χ3n) is 1.62. The molecule has 0 bridgehead atoms. The molecule has 0 unspecified atom stereocenters. The molecular weight excluding hydrogens is 210 g/mol. The van der Waals surface area contributed by atoms with Crippen molar-refractivity contribution in [3.63, 3.8) is 0 Å². The summed E-state index contributed by atoms with van der Waals surface area (Å²) < 4.78 is 0. The highest BCUT2D eigenvalue weighted by atomic mass is 79.9. The Kier molecular flexibility index (Phi) is 3.54. The molecule has 11 heavy (non-hydrogen) atoms. The molecule has 4 nitrogen and oxygen atoms in total. The molecule has 1 aromatic rings. The van der Waals surface area contributed by atoms with Crippen molar-refractivity contribution in [3.8, 4) is 0 Å². The van der Waals surface area contributed by atoms with Gasteiger partial charge >= 0.3 is 0 Å². The summed E-state index contributed by atoms with van der Waals surface area (Å²) in [5.74, 6) is 0. The standard InChI is InChI=1S/C6H11N3O.BrH/c1-4-6(3-7)5(2)9(10)8-4;/h10H,3,7H2,1-2H3;1H. The Morgan fingerprint density at radius 3 is 2.27 bits per heavy atom. The lowest BCUT2D eigenvalue weighted by atomic mass is 10.2. The van der Waals surface area contributed by atoms with Crippen LogP contribution < -0.4 is 5.73 Å². The molecule has 0 fully saturated rings. The van der Waals surface area contributed by atoms with Crippen LogP contribution in [0.1, 0.15) is 17.0 Å². The summed E-state index contributed by atoms with van der Waals surface area (Å²) in [5.41, 5.74) is 7.84. The van der Waals surface area contributed by atoms with Crippen LogP contribution in [0.5, 0.6) is 0 Å². The van der Waals surface area contributed by atoms with E-state index in [1.165, 1.54) is 0 Å². The van der Waals surface area contributed by atoms with Crippen LogP contribution in [0.25, 0.3) is 0 Å². The Balaban J connectivity index is 0.000001000. The molecule has 0 aliphatic rings. The van der Waals surface area contributed by atoms with E-state index in [-0.39, 0.29) is 17.0 Å². The van der Waals surface area contributed by atoms with Gasteiger partial charge in [-0.3, -0.25) is 0 Å². The van der Waals surface area contributed by atoms with Crippen molar-refractivity contribution in [2.24, 2.45) is 5.73 Å². The predicted molar refractivity (Wildman–Crippen MR) is 47.1 cm³/mol. The van der Waals surface area contributed by atoms with Crippen molar-refractivity contribution in [2.45, 2.75) is 20.4 Å². The van der Waals surface area contributed by atoms with E-state index in [4.69, 9.17) is 10.9 Å². The van der Waals surface area contributed by atoms with Crippen LogP contribution in [0.15, 0.2) is 0 Å². The molecule has 0 aliphatic carbocycles. The Morgan fingerprint density at radius 2 is 2.09 bits per heavy atom. The SMILES string of the molecule is Br.Cc1nn(O)c(C)c1CN. The third-order valence-corrected chi connectivity index (χ3v) is 1.62. The van der Waals surface area contributed by atoms with Crippen LogP contribution in [0, 0.1) is 13.8 Å². The topological polar surface area (TPSA) is 64.1 Å². The van der Waals surface area contributed by atoms with Crippen molar-refractivity contribution < 1.29 is 5.21 Å². The van der Waals surface area contributed by atoms with Crippen molar-refractivity contribution in [1.82, 2.24) is 9.94 Å². The van der Waals surface area contributed by atoms with Crippen LogP contribution in [0.3, 0.4) is 0 Å². The molecule has 0 saturated heterocycles. The summed E-state index contributed by atoms with van der Waals surface area (Å²) in [6.07, 6.45) is 0. The molecule has 5 heteroatoms. The zero-order valence-electron chi connectivity index (χ0n) is 6.53. The average molecular weight is 222 g/mol. The zero-order chi connectivity index (χ0) is 7.72. The van der Waals surface area contributed by atoms with Crippen molar-refractivity contribution in [1.29, 1.82) is 0 Å². The number of halogens is 1. The second kappa shape index (κ2) is 3.73. The normalized spacial score (nSPS) is 9.36. The molecule has 0 spiro atoms. The lowest BCUT2D eigenvalue weighted by Crippen LogP contribution is -2.00. The van der Waals surface area contributed by atoms with E-state index < -0.39 is 0 Å². The quantitative estimate of drug-likeness (QED) is 0.690. The first-order chi connectivity index (χ1) is 4.66. The Bertz CT molecular complexity index is 246. The first-order valence-electron chi connectivity index (χ1n) is 3.11. The number of hydrogen-bond acceptors (Lipinski definition) is 3. The maximum absolute atomic E-state index is 9.00. The predicted octanol–water partition coefficient (Wildman–Crippen LogP) is 0.774. The molecule has 0 amide bonds. The van der Waals surface area contributed by atoms with Crippen LogP contribution in [0.4, 0.5) is 0 Å². The average Bonchev–Trinajstić information content (AvgIpc) is 2.09. The molecule has 0 saturated carbocycles. The maximum Gasteiger partial charge on any atom is 0.0815 e. The maximum atomic E-state index is 9.00. The molecule has 1 heterocycles. The highest BCUT2D eigenvalue weighted by Crippen LogP contribution is 2.09. The Labute approximate surface area is 75.7 Å². The molecule has 1 aromatic heterocycles. The zero-order valence-corrected chi connectivity index (χ0v) is 8.25. The molecule has 64 valence electrons. The van der Waals surface area contributed by atoms with Gasteiger partial charge in [0.25, 0.3) is 0 Å². The monoisotopic (exact) mass is 221 g/mol. The fourth-order valence-electron chi connectivity index (χ4n) is 0.955. The molecule has 1 rings (SSSR count). The first-order valence-corrected chi connectivity index (χ1v) is 3.11. The van der Waals surface area contributed by atoms with Crippen LogP contribution in [0.2, 0.25) is 0 Å². The van der Waals surface area contributed by atoms with Gasteiger partial charge in [-0.25, -0.2) is 0 Å². The summed E-state index contributed by atoms with van der Waals surface area (Å²) in [7, 11) is 0. The minimum atomic E-state index is 0. The van der Waals surface area contributed by atoms with Gasteiger partial charge in [-0.15, -0.1) is 26.9 Å². The van der Waals surface area contributed by atoms with E-state index in [2.05, 4.69) is 5.10 Å². The third kappa shape index (κ3) is 1.72. The fraction of sp³-hybridized carbons (Fsp3) is 0.500. The Hall–Kier alpha value is -0.550.